The highest BCUT2D eigenvalue weighted by atomic mass is 15.3. The summed E-state index contributed by atoms with van der Waals surface area (Å²) >= 11 is 0. The second kappa shape index (κ2) is 3.66. The maximum Gasteiger partial charge on any atom is 0.129 e. The SMILES string of the molecule is N=C1c2ccccc2CN1C12CC3CC(CC(C3)C1)C2. The molecule has 6 rings (SSSR count). The van der Waals surface area contributed by atoms with E-state index in [-0.39, 0.29) is 0 Å². The van der Waals surface area contributed by atoms with Crippen molar-refractivity contribution in [2.75, 3.05) is 0 Å². The third-order valence-electron chi connectivity index (χ3n) is 6.45. The zero-order valence-electron chi connectivity index (χ0n) is 11.9. The van der Waals surface area contributed by atoms with Crippen molar-refractivity contribution < 1.29 is 0 Å². The van der Waals surface area contributed by atoms with Gasteiger partial charge in [-0.25, -0.2) is 0 Å². The monoisotopic (exact) mass is 266 g/mol. The van der Waals surface area contributed by atoms with Crippen LogP contribution in [0.15, 0.2) is 24.3 Å². The van der Waals surface area contributed by atoms with Crippen molar-refractivity contribution in [3.8, 4) is 0 Å². The minimum atomic E-state index is 0.338. The Balaban J connectivity index is 1.54. The van der Waals surface area contributed by atoms with Crippen LogP contribution in [0.4, 0.5) is 0 Å². The summed E-state index contributed by atoms with van der Waals surface area (Å²) < 4.78 is 0. The highest BCUT2D eigenvalue weighted by Gasteiger charge is 2.55. The lowest BCUT2D eigenvalue weighted by Crippen LogP contribution is -2.59. The maximum atomic E-state index is 8.65. The standard InChI is InChI=1S/C18H22N2/c19-17-16-4-2-1-3-15(16)11-20(17)18-8-12-5-13(9-18)7-14(6-12)10-18/h1-4,12-14,19H,5-11H2. The van der Waals surface area contributed by atoms with Gasteiger partial charge < -0.3 is 4.90 Å². The first-order chi connectivity index (χ1) is 9.73. The van der Waals surface area contributed by atoms with Crippen molar-refractivity contribution in [2.45, 2.75) is 50.6 Å². The molecule has 1 N–H and O–H groups in total. The topological polar surface area (TPSA) is 27.1 Å². The van der Waals surface area contributed by atoms with Crippen LogP contribution in [0.1, 0.15) is 49.7 Å². The van der Waals surface area contributed by atoms with E-state index in [1.54, 1.807) is 0 Å². The summed E-state index contributed by atoms with van der Waals surface area (Å²) in [5, 5.41) is 8.65. The van der Waals surface area contributed by atoms with Crippen molar-refractivity contribution in [1.82, 2.24) is 4.90 Å². The second-order valence-corrected chi connectivity index (χ2v) is 7.73. The van der Waals surface area contributed by atoms with Crippen LogP contribution in [0, 0.1) is 23.2 Å². The average molecular weight is 266 g/mol. The van der Waals surface area contributed by atoms with E-state index in [0.29, 0.717) is 5.54 Å². The molecule has 0 unspecified atom stereocenters. The zero-order valence-corrected chi connectivity index (χ0v) is 11.9. The summed E-state index contributed by atoms with van der Waals surface area (Å²) in [4.78, 5) is 2.49. The van der Waals surface area contributed by atoms with Gasteiger partial charge in [-0.3, -0.25) is 5.41 Å². The molecule has 4 aliphatic carbocycles. The van der Waals surface area contributed by atoms with Crippen molar-refractivity contribution >= 4 is 5.84 Å². The summed E-state index contributed by atoms with van der Waals surface area (Å²) in [6, 6.07) is 8.55. The lowest BCUT2D eigenvalue weighted by molar-refractivity contribution is -0.0631. The Morgan fingerprint density at radius 2 is 1.55 bits per heavy atom. The fourth-order valence-electron chi connectivity index (χ4n) is 6.08. The Bertz CT molecular complexity index is 554. The Morgan fingerprint density at radius 3 is 2.15 bits per heavy atom. The van der Waals surface area contributed by atoms with Crippen molar-refractivity contribution in [3.63, 3.8) is 0 Å². The largest absolute Gasteiger partial charge is 0.347 e. The molecular formula is C18H22N2. The number of fused-ring (bicyclic) bond motifs is 1. The first-order valence-corrected chi connectivity index (χ1v) is 8.18. The van der Waals surface area contributed by atoms with Gasteiger partial charge in [-0.15, -0.1) is 0 Å². The van der Waals surface area contributed by atoms with Gasteiger partial charge in [0.25, 0.3) is 0 Å². The van der Waals surface area contributed by atoms with Crippen LogP contribution in [0.25, 0.3) is 0 Å². The summed E-state index contributed by atoms with van der Waals surface area (Å²) in [6.45, 7) is 0.987. The van der Waals surface area contributed by atoms with Crippen LogP contribution < -0.4 is 0 Å². The molecule has 4 saturated carbocycles. The van der Waals surface area contributed by atoms with Crippen molar-refractivity contribution in [1.29, 1.82) is 5.41 Å². The van der Waals surface area contributed by atoms with Gasteiger partial charge in [-0.1, -0.05) is 24.3 Å². The zero-order chi connectivity index (χ0) is 13.3. The van der Waals surface area contributed by atoms with E-state index in [9.17, 15) is 0 Å². The van der Waals surface area contributed by atoms with Gasteiger partial charge in [-0.2, -0.15) is 0 Å². The van der Waals surface area contributed by atoms with E-state index in [1.807, 2.05) is 0 Å². The number of nitrogens with zero attached hydrogens (tertiary/aromatic N) is 1. The fourth-order valence-corrected chi connectivity index (χ4v) is 6.08. The van der Waals surface area contributed by atoms with E-state index < -0.39 is 0 Å². The minimum absolute atomic E-state index is 0.338. The Labute approximate surface area is 120 Å². The number of hydrogen-bond donors (Lipinski definition) is 1. The third-order valence-corrected chi connectivity index (χ3v) is 6.45. The number of amidine groups is 1. The molecule has 2 heteroatoms. The van der Waals surface area contributed by atoms with E-state index >= 15 is 0 Å². The quantitative estimate of drug-likeness (QED) is 0.822. The number of nitrogens with one attached hydrogen (secondary N) is 1. The summed E-state index contributed by atoms with van der Waals surface area (Å²) in [5.74, 6) is 3.68. The first kappa shape index (κ1) is 11.4. The molecule has 4 fully saturated rings. The van der Waals surface area contributed by atoms with Crippen LogP contribution in [-0.2, 0) is 6.54 Å². The minimum Gasteiger partial charge on any atom is -0.347 e. The molecular weight excluding hydrogens is 244 g/mol. The molecule has 0 saturated heterocycles. The van der Waals surface area contributed by atoms with Gasteiger partial charge in [0.15, 0.2) is 0 Å². The van der Waals surface area contributed by atoms with Crippen molar-refractivity contribution in [2.24, 2.45) is 17.8 Å². The molecule has 0 spiro atoms. The van der Waals surface area contributed by atoms with Gasteiger partial charge in [-0.05, 0) is 61.8 Å². The normalized spacial score (nSPS) is 41.3. The molecule has 2 nitrogen and oxygen atoms in total. The molecule has 20 heavy (non-hydrogen) atoms. The van der Waals surface area contributed by atoms with Gasteiger partial charge >= 0.3 is 0 Å². The fraction of sp³-hybridized carbons (Fsp3) is 0.611. The van der Waals surface area contributed by atoms with Crippen LogP contribution in [0.2, 0.25) is 0 Å². The smallest absolute Gasteiger partial charge is 0.129 e. The van der Waals surface area contributed by atoms with Gasteiger partial charge in [0.2, 0.25) is 0 Å². The second-order valence-electron chi connectivity index (χ2n) is 7.73. The number of benzene rings is 1. The first-order valence-electron chi connectivity index (χ1n) is 8.18. The van der Waals surface area contributed by atoms with Crippen LogP contribution in [0.3, 0.4) is 0 Å². The Hall–Kier alpha value is -1.31. The van der Waals surface area contributed by atoms with Gasteiger partial charge in [0.05, 0.1) is 0 Å². The molecule has 5 aliphatic rings. The molecule has 0 atom stereocenters. The highest BCUT2D eigenvalue weighted by molar-refractivity contribution is 6.00. The molecule has 0 radical (unpaired) electrons. The van der Waals surface area contributed by atoms with Gasteiger partial charge in [0, 0.05) is 17.6 Å². The Morgan fingerprint density at radius 1 is 0.950 bits per heavy atom. The molecule has 1 aliphatic heterocycles. The summed E-state index contributed by atoms with van der Waals surface area (Å²) in [7, 11) is 0. The highest BCUT2D eigenvalue weighted by Crippen LogP contribution is 2.58. The molecule has 1 aromatic carbocycles. The maximum absolute atomic E-state index is 8.65. The Kier molecular flexibility index (Phi) is 2.08. The predicted octanol–water partition coefficient (Wildman–Crippen LogP) is 3.80. The molecule has 1 aromatic rings. The lowest BCUT2D eigenvalue weighted by atomic mass is 9.52. The number of hydrogen-bond acceptors (Lipinski definition) is 1. The summed E-state index contributed by atoms with van der Waals surface area (Å²) in [6.07, 6.45) is 8.51. The van der Waals surface area contributed by atoms with E-state index in [1.165, 1.54) is 49.7 Å². The summed E-state index contributed by atoms with van der Waals surface area (Å²) in [5.41, 5.74) is 2.89. The third kappa shape index (κ3) is 1.37. The number of rotatable bonds is 1. The van der Waals surface area contributed by atoms with Crippen molar-refractivity contribution in [3.05, 3.63) is 35.4 Å². The molecule has 0 amide bonds. The average Bonchev–Trinajstić information content (AvgIpc) is 2.76. The van der Waals surface area contributed by atoms with E-state index in [0.717, 1.165) is 30.1 Å². The lowest BCUT2D eigenvalue weighted by Gasteiger charge is -2.60. The molecule has 0 aromatic heterocycles. The van der Waals surface area contributed by atoms with E-state index in [4.69, 9.17) is 5.41 Å². The van der Waals surface area contributed by atoms with E-state index in [2.05, 4.69) is 29.2 Å². The van der Waals surface area contributed by atoms with Crippen LogP contribution in [-0.4, -0.2) is 16.3 Å². The van der Waals surface area contributed by atoms with Crippen LogP contribution in [0.5, 0.6) is 0 Å². The van der Waals surface area contributed by atoms with Crippen LogP contribution >= 0.6 is 0 Å². The molecule has 104 valence electrons. The molecule has 1 heterocycles. The van der Waals surface area contributed by atoms with Gasteiger partial charge in [0.1, 0.15) is 5.84 Å². The predicted molar refractivity (Wildman–Crippen MR) is 79.7 cm³/mol. The molecule has 4 bridgehead atoms.